The number of hydrogen-bond donors (Lipinski definition) is 1. The first-order valence-corrected chi connectivity index (χ1v) is 8.78. The molecule has 0 heterocycles. The summed E-state index contributed by atoms with van der Waals surface area (Å²) >= 11 is 0. The molecule has 0 aliphatic carbocycles. The molecule has 0 spiro atoms. The highest BCUT2D eigenvalue weighted by molar-refractivity contribution is 6.02. The SMILES string of the molecule is CCCOc1ccc2ccccc2c1/C=N/NC(=O)Cc1ccccc1. The van der Waals surface area contributed by atoms with Gasteiger partial charge in [-0.2, -0.15) is 5.10 Å². The lowest BCUT2D eigenvalue weighted by Gasteiger charge is -2.11. The highest BCUT2D eigenvalue weighted by Crippen LogP contribution is 2.26. The minimum Gasteiger partial charge on any atom is -0.493 e. The Labute approximate surface area is 153 Å². The number of benzene rings is 3. The Balaban J connectivity index is 1.77. The van der Waals surface area contributed by atoms with Gasteiger partial charge in [-0.25, -0.2) is 5.43 Å². The molecule has 0 radical (unpaired) electrons. The average molecular weight is 346 g/mol. The van der Waals surface area contributed by atoms with Crippen LogP contribution in [0.4, 0.5) is 0 Å². The second kappa shape index (κ2) is 8.81. The molecule has 3 aromatic carbocycles. The first-order valence-electron chi connectivity index (χ1n) is 8.78. The topological polar surface area (TPSA) is 50.7 Å². The Morgan fingerprint density at radius 2 is 1.81 bits per heavy atom. The lowest BCUT2D eigenvalue weighted by molar-refractivity contribution is -0.120. The van der Waals surface area contributed by atoms with E-state index < -0.39 is 0 Å². The minimum atomic E-state index is -0.149. The summed E-state index contributed by atoms with van der Waals surface area (Å²) < 4.78 is 5.84. The summed E-state index contributed by atoms with van der Waals surface area (Å²) in [4.78, 5) is 12.1. The van der Waals surface area contributed by atoms with E-state index in [0.717, 1.165) is 34.1 Å². The van der Waals surface area contributed by atoms with Gasteiger partial charge in [0.15, 0.2) is 0 Å². The van der Waals surface area contributed by atoms with Crippen LogP contribution < -0.4 is 10.2 Å². The molecule has 0 saturated carbocycles. The molecule has 4 nitrogen and oxygen atoms in total. The molecular weight excluding hydrogens is 324 g/mol. The van der Waals surface area contributed by atoms with Crippen molar-refractivity contribution in [3.05, 3.63) is 77.9 Å². The van der Waals surface area contributed by atoms with Crippen LogP contribution in [0.2, 0.25) is 0 Å². The summed E-state index contributed by atoms with van der Waals surface area (Å²) in [5, 5.41) is 6.30. The highest BCUT2D eigenvalue weighted by atomic mass is 16.5. The zero-order valence-corrected chi connectivity index (χ0v) is 14.8. The largest absolute Gasteiger partial charge is 0.493 e. The number of carbonyl (C=O) groups excluding carboxylic acids is 1. The van der Waals surface area contributed by atoms with Crippen LogP contribution in [-0.2, 0) is 11.2 Å². The van der Waals surface area contributed by atoms with Gasteiger partial charge < -0.3 is 4.74 Å². The number of nitrogens with one attached hydrogen (secondary N) is 1. The van der Waals surface area contributed by atoms with E-state index in [-0.39, 0.29) is 5.91 Å². The number of hydrazone groups is 1. The molecule has 0 atom stereocenters. The molecule has 0 unspecified atom stereocenters. The summed E-state index contributed by atoms with van der Waals surface area (Å²) in [6.45, 7) is 2.71. The van der Waals surface area contributed by atoms with E-state index in [1.54, 1.807) is 6.21 Å². The summed E-state index contributed by atoms with van der Waals surface area (Å²) in [6.07, 6.45) is 2.89. The third-order valence-corrected chi connectivity index (χ3v) is 3.98. The Morgan fingerprint density at radius 3 is 2.62 bits per heavy atom. The predicted molar refractivity (Wildman–Crippen MR) is 106 cm³/mol. The second-order valence-corrected chi connectivity index (χ2v) is 6.00. The van der Waals surface area contributed by atoms with Crippen LogP contribution >= 0.6 is 0 Å². The maximum Gasteiger partial charge on any atom is 0.244 e. The van der Waals surface area contributed by atoms with Crippen molar-refractivity contribution in [2.24, 2.45) is 5.10 Å². The van der Waals surface area contributed by atoms with Crippen LogP contribution in [0.1, 0.15) is 24.5 Å². The van der Waals surface area contributed by atoms with E-state index in [9.17, 15) is 4.79 Å². The minimum absolute atomic E-state index is 0.149. The average Bonchev–Trinajstić information content (AvgIpc) is 2.68. The van der Waals surface area contributed by atoms with E-state index in [0.29, 0.717) is 13.0 Å². The van der Waals surface area contributed by atoms with E-state index >= 15 is 0 Å². The second-order valence-electron chi connectivity index (χ2n) is 6.00. The van der Waals surface area contributed by atoms with Crippen LogP contribution in [0.5, 0.6) is 5.75 Å². The standard InChI is InChI=1S/C22H22N2O2/c1-2-14-26-21-13-12-18-10-6-7-11-19(18)20(21)16-23-24-22(25)15-17-8-4-3-5-9-17/h3-13,16H,2,14-15H2,1H3,(H,24,25)/b23-16+. The molecule has 0 bridgehead atoms. The molecule has 0 aliphatic heterocycles. The van der Waals surface area contributed by atoms with E-state index in [1.165, 1.54) is 0 Å². The molecule has 0 aromatic heterocycles. The number of nitrogens with zero attached hydrogens (tertiary/aromatic N) is 1. The van der Waals surface area contributed by atoms with Crippen LogP contribution in [0.3, 0.4) is 0 Å². The van der Waals surface area contributed by atoms with Crippen LogP contribution in [0.15, 0.2) is 71.8 Å². The molecule has 0 fully saturated rings. The Hall–Kier alpha value is -3.14. The van der Waals surface area contributed by atoms with E-state index in [1.807, 2.05) is 66.7 Å². The Morgan fingerprint density at radius 1 is 1.04 bits per heavy atom. The third kappa shape index (κ3) is 4.48. The van der Waals surface area contributed by atoms with Crippen molar-refractivity contribution in [2.75, 3.05) is 6.61 Å². The van der Waals surface area contributed by atoms with Gasteiger partial charge in [-0.05, 0) is 28.8 Å². The summed E-state index contributed by atoms with van der Waals surface area (Å²) in [5.74, 6) is 0.621. The number of hydrogen-bond acceptors (Lipinski definition) is 3. The molecule has 3 aromatic rings. The molecule has 1 amide bonds. The third-order valence-electron chi connectivity index (χ3n) is 3.98. The van der Waals surface area contributed by atoms with Gasteiger partial charge in [0.25, 0.3) is 0 Å². The fourth-order valence-electron chi connectivity index (χ4n) is 2.74. The number of fused-ring (bicyclic) bond motifs is 1. The van der Waals surface area contributed by atoms with Crippen molar-refractivity contribution in [3.63, 3.8) is 0 Å². The monoisotopic (exact) mass is 346 g/mol. The maximum atomic E-state index is 12.1. The zero-order chi connectivity index (χ0) is 18.2. The fourth-order valence-corrected chi connectivity index (χ4v) is 2.74. The predicted octanol–water partition coefficient (Wildman–Crippen LogP) is 4.32. The quantitative estimate of drug-likeness (QED) is 0.512. The summed E-state index contributed by atoms with van der Waals surface area (Å²) in [7, 11) is 0. The lowest BCUT2D eigenvalue weighted by atomic mass is 10.0. The Bertz CT molecular complexity index is 904. The number of ether oxygens (including phenoxy) is 1. The fraction of sp³-hybridized carbons (Fsp3) is 0.182. The normalized spacial score (nSPS) is 11.0. The molecule has 4 heteroatoms. The molecule has 0 saturated heterocycles. The van der Waals surface area contributed by atoms with Gasteiger partial charge in [0.1, 0.15) is 5.75 Å². The van der Waals surface area contributed by atoms with Crippen molar-refractivity contribution in [2.45, 2.75) is 19.8 Å². The first-order chi connectivity index (χ1) is 12.8. The molecule has 132 valence electrons. The van der Waals surface area contributed by atoms with E-state index in [4.69, 9.17) is 4.74 Å². The van der Waals surface area contributed by atoms with Gasteiger partial charge in [0.2, 0.25) is 5.91 Å². The van der Waals surface area contributed by atoms with Crippen LogP contribution in [0, 0.1) is 0 Å². The number of amides is 1. The van der Waals surface area contributed by atoms with Crippen molar-refractivity contribution in [1.82, 2.24) is 5.43 Å². The molecule has 0 aliphatic rings. The van der Waals surface area contributed by atoms with Gasteiger partial charge in [0, 0.05) is 5.56 Å². The zero-order valence-electron chi connectivity index (χ0n) is 14.8. The first kappa shape index (κ1) is 17.7. The molecular formula is C22H22N2O2. The number of rotatable bonds is 7. The summed E-state index contributed by atoms with van der Waals surface area (Å²) in [6, 6.07) is 21.6. The lowest BCUT2D eigenvalue weighted by Crippen LogP contribution is -2.19. The van der Waals surface area contributed by atoms with Gasteiger partial charge >= 0.3 is 0 Å². The van der Waals surface area contributed by atoms with Crippen LogP contribution in [-0.4, -0.2) is 18.7 Å². The smallest absolute Gasteiger partial charge is 0.244 e. The highest BCUT2D eigenvalue weighted by Gasteiger charge is 2.07. The van der Waals surface area contributed by atoms with Crippen LogP contribution in [0.25, 0.3) is 10.8 Å². The van der Waals surface area contributed by atoms with Gasteiger partial charge in [0.05, 0.1) is 19.2 Å². The van der Waals surface area contributed by atoms with Crippen molar-refractivity contribution in [3.8, 4) is 5.75 Å². The molecule has 3 rings (SSSR count). The van der Waals surface area contributed by atoms with Crippen molar-refractivity contribution in [1.29, 1.82) is 0 Å². The van der Waals surface area contributed by atoms with Crippen molar-refractivity contribution >= 4 is 22.9 Å². The molecule has 1 N–H and O–H groups in total. The summed E-state index contributed by atoms with van der Waals surface area (Å²) in [5.41, 5.74) is 4.43. The van der Waals surface area contributed by atoms with E-state index in [2.05, 4.69) is 17.5 Å². The Kier molecular flexibility index (Phi) is 5.99. The number of carbonyl (C=O) groups is 1. The molecule has 26 heavy (non-hydrogen) atoms. The van der Waals surface area contributed by atoms with Gasteiger partial charge in [-0.15, -0.1) is 0 Å². The van der Waals surface area contributed by atoms with Gasteiger partial charge in [-0.3, -0.25) is 4.79 Å². The van der Waals surface area contributed by atoms with Crippen molar-refractivity contribution < 1.29 is 9.53 Å². The van der Waals surface area contributed by atoms with Gasteiger partial charge in [-0.1, -0.05) is 67.6 Å². The maximum absolute atomic E-state index is 12.1.